The number of hydrogen-bond acceptors (Lipinski definition) is 4. The van der Waals surface area contributed by atoms with Crippen LogP contribution in [0.4, 0.5) is 5.69 Å². The monoisotopic (exact) mass is 342 g/mol. The molecule has 0 spiro atoms. The molecular weight excluding hydrogens is 328 g/mol. The number of pyridine rings is 1. The van der Waals surface area contributed by atoms with Crippen molar-refractivity contribution in [3.05, 3.63) is 66.1 Å². The summed E-state index contributed by atoms with van der Waals surface area (Å²) in [4.78, 5) is 16.1. The van der Waals surface area contributed by atoms with Gasteiger partial charge >= 0.3 is 0 Å². The van der Waals surface area contributed by atoms with Crippen LogP contribution in [0, 0.1) is 0 Å². The van der Waals surface area contributed by atoms with Crippen LogP contribution in [0.25, 0.3) is 5.69 Å². The minimum Gasteiger partial charge on any atom is -0.462 e. The van der Waals surface area contributed by atoms with Crippen LogP contribution in [0.3, 0.4) is 0 Å². The molecule has 3 rings (SSSR count). The Labute approximate surface area is 144 Å². The number of benzene rings is 1. The lowest BCUT2D eigenvalue weighted by atomic mass is 10.3. The van der Waals surface area contributed by atoms with E-state index in [-0.39, 0.29) is 11.8 Å². The molecule has 0 fully saturated rings. The number of para-hydroxylation sites is 1. The van der Waals surface area contributed by atoms with Gasteiger partial charge in [0.05, 0.1) is 23.8 Å². The van der Waals surface area contributed by atoms with E-state index in [0.29, 0.717) is 10.7 Å². The lowest BCUT2D eigenvalue weighted by molar-refractivity contribution is -0.122. The number of carbonyl (C=O) groups excluding carboxylic acids is 1. The van der Waals surface area contributed by atoms with Crippen molar-refractivity contribution in [1.82, 2.24) is 14.8 Å². The van der Waals surface area contributed by atoms with Gasteiger partial charge in [-0.1, -0.05) is 29.8 Å². The van der Waals surface area contributed by atoms with E-state index in [1.165, 1.54) is 0 Å². The molecule has 2 aromatic heterocycles. The summed E-state index contributed by atoms with van der Waals surface area (Å²) in [5.41, 5.74) is 1.44. The fourth-order valence-electron chi connectivity index (χ4n) is 2.03. The fourth-order valence-corrected chi connectivity index (χ4v) is 2.21. The molecule has 1 N–H and O–H groups in total. The SMILES string of the molecule is CC(Oc1nn(-c2ccccc2)cc1Cl)C(=O)Nc1cccnc1. The normalized spacial score (nSPS) is 11.8. The smallest absolute Gasteiger partial charge is 0.265 e. The van der Waals surface area contributed by atoms with E-state index in [9.17, 15) is 4.79 Å². The molecule has 0 aliphatic heterocycles. The van der Waals surface area contributed by atoms with Gasteiger partial charge in [0.15, 0.2) is 6.10 Å². The van der Waals surface area contributed by atoms with Crippen LogP contribution >= 0.6 is 11.6 Å². The summed E-state index contributed by atoms with van der Waals surface area (Å²) in [6.45, 7) is 1.63. The van der Waals surface area contributed by atoms with Gasteiger partial charge in [-0.05, 0) is 31.2 Å². The number of hydrogen-bond donors (Lipinski definition) is 1. The molecule has 0 saturated heterocycles. The zero-order valence-electron chi connectivity index (χ0n) is 12.9. The first-order chi connectivity index (χ1) is 11.6. The first-order valence-electron chi connectivity index (χ1n) is 7.31. The Balaban J connectivity index is 1.69. The number of nitrogens with zero attached hydrogens (tertiary/aromatic N) is 3. The van der Waals surface area contributed by atoms with Crippen LogP contribution in [0.15, 0.2) is 61.1 Å². The quantitative estimate of drug-likeness (QED) is 0.772. The van der Waals surface area contributed by atoms with Gasteiger partial charge in [-0.3, -0.25) is 9.78 Å². The second kappa shape index (κ2) is 7.14. The zero-order valence-corrected chi connectivity index (χ0v) is 13.6. The van der Waals surface area contributed by atoms with E-state index in [4.69, 9.17) is 16.3 Å². The van der Waals surface area contributed by atoms with Gasteiger partial charge in [0.2, 0.25) is 0 Å². The predicted octanol–water partition coefficient (Wildman–Crippen LogP) is 3.33. The van der Waals surface area contributed by atoms with Crippen molar-refractivity contribution in [3.63, 3.8) is 0 Å². The highest BCUT2D eigenvalue weighted by molar-refractivity contribution is 6.31. The Morgan fingerprint density at radius 1 is 1.25 bits per heavy atom. The van der Waals surface area contributed by atoms with Gasteiger partial charge in [-0.25, -0.2) is 4.68 Å². The lowest BCUT2D eigenvalue weighted by Crippen LogP contribution is -2.30. The van der Waals surface area contributed by atoms with Crippen molar-refractivity contribution < 1.29 is 9.53 Å². The summed E-state index contributed by atoms with van der Waals surface area (Å²) in [7, 11) is 0. The highest BCUT2D eigenvalue weighted by Gasteiger charge is 2.19. The van der Waals surface area contributed by atoms with Crippen LogP contribution < -0.4 is 10.1 Å². The van der Waals surface area contributed by atoms with Crippen LogP contribution in [0.2, 0.25) is 5.02 Å². The van der Waals surface area contributed by atoms with E-state index < -0.39 is 6.10 Å². The van der Waals surface area contributed by atoms with E-state index in [0.717, 1.165) is 5.69 Å². The predicted molar refractivity (Wildman–Crippen MR) is 91.5 cm³/mol. The van der Waals surface area contributed by atoms with Crippen LogP contribution in [-0.2, 0) is 4.79 Å². The summed E-state index contributed by atoms with van der Waals surface area (Å²) in [6.07, 6.45) is 4.06. The maximum atomic E-state index is 12.2. The zero-order chi connectivity index (χ0) is 16.9. The maximum absolute atomic E-state index is 12.2. The maximum Gasteiger partial charge on any atom is 0.265 e. The van der Waals surface area contributed by atoms with Gasteiger partial charge in [0, 0.05) is 6.20 Å². The molecule has 3 aromatic rings. The van der Waals surface area contributed by atoms with Crippen LogP contribution in [-0.4, -0.2) is 26.8 Å². The van der Waals surface area contributed by atoms with Gasteiger partial charge in [0.25, 0.3) is 11.8 Å². The number of anilines is 1. The average molecular weight is 343 g/mol. The standard InChI is InChI=1S/C17H15ClN4O2/c1-12(16(23)20-13-6-5-9-19-10-13)24-17-15(18)11-22(21-17)14-7-3-2-4-8-14/h2-12H,1H3,(H,20,23). The molecule has 122 valence electrons. The first-order valence-corrected chi connectivity index (χ1v) is 7.69. The second-order valence-electron chi connectivity index (χ2n) is 5.05. The third-order valence-electron chi connectivity index (χ3n) is 3.25. The Morgan fingerprint density at radius 2 is 2.04 bits per heavy atom. The molecule has 1 unspecified atom stereocenters. The molecule has 1 aromatic carbocycles. The van der Waals surface area contributed by atoms with Gasteiger partial charge in [-0.2, -0.15) is 0 Å². The number of rotatable bonds is 5. The topological polar surface area (TPSA) is 69.0 Å². The summed E-state index contributed by atoms with van der Waals surface area (Å²) < 4.78 is 7.19. The molecule has 6 nitrogen and oxygen atoms in total. The van der Waals surface area contributed by atoms with Gasteiger partial charge in [-0.15, -0.1) is 5.10 Å². The Bertz CT molecular complexity index is 821. The van der Waals surface area contributed by atoms with Crippen molar-refractivity contribution in [2.75, 3.05) is 5.32 Å². The highest BCUT2D eigenvalue weighted by Crippen LogP contribution is 2.25. The summed E-state index contributed by atoms with van der Waals surface area (Å²) in [6, 6.07) is 13.0. The molecular formula is C17H15ClN4O2. The first kappa shape index (κ1) is 16.0. The van der Waals surface area contributed by atoms with E-state index in [1.807, 2.05) is 30.3 Å². The minimum absolute atomic E-state index is 0.203. The van der Waals surface area contributed by atoms with Crippen molar-refractivity contribution in [3.8, 4) is 11.6 Å². The van der Waals surface area contributed by atoms with Crippen molar-refractivity contribution in [1.29, 1.82) is 0 Å². The second-order valence-corrected chi connectivity index (χ2v) is 5.46. The molecule has 0 bridgehead atoms. The molecule has 1 atom stereocenters. The number of carbonyl (C=O) groups is 1. The van der Waals surface area contributed by atoms with Gasteiger partial charge < -0.3 is 10.1 Å². The molecule has 0 radical (unpaired) electrons. The number of amides is 1. The summed E-state index contributed by atoms with van der Waals surface area (Å²) in [5.74, 6) is -0.109. The molecule has 7 heteroatoms. The number of aromatic nitrogens is 3. The Hall–Kier alpha value is -2.86. The molecule has 0 aliphatic rings. The molecule has 0 saturated carbocycles. The van der Waals surface area contributed by atoms with Crippen LogP contribution in [0.5, 0.6) is 5.88 Å². The largest absolute Gasteiger partial charge is 0.462 e. The molecule has 0 aliphatic carbocycles. The molecule has 1 amide bonds. The third kappa shape index (κ3) is 3.72. The van der Waals surface area contributed by atoms with Gasteiger partial charge in [0.1, 0.15) is 5.02 Å². The van der Waals surface area contributed by atoms with Crippen LogP contribution in [0.1, 0.15) is 6.92 Å². The lowest BCUT2D eigenvalue weighted by Gasteiger charge is -2.13. The van der Waals surface area contributed by atoms with E-state index in [1.54, 1.807) is 42.3 Å². The van der Waals surface area contributed by atoms with E-state index in [2.05, 4.69) is 15.4 Å². The molecule has 24 heavy (non-hydrogen) atoms. The van der Waals surface area contributed by atoms with Crippen molar-refractivity contribution in [2.45, 2.75) is 13.0 Å². The average Bonchev–Trinajstić information content (AvgIpc) is 2.97. The number of ether oxygens (including phenoxy) is 1. The van der Waals surface area contributed by atoms with E-state index >= 15 is 0 Å². The van der Waals surface area contributed by atoms with Crippen molar-refractivity contribution in [2.24, 2.45) is 0 Å². The summed E-state index contributed by atoms with van der Waals surface area (Å²) >= 11 is 6.15. The summed E-state index contributed by atoms with van der Waals surface area (Å²) in [5, 5.41) is 7.33. The van der Waals surface area contributed by atoms with Crippen molar-refractivity contribution >= 4 is 23.2 Å². The Kier molecular flexibility index (Phi) is 4.77. The molecule has 2 heterocycles. The number of nitrogens with one attached hydrogen (secondary N) is 1. The Morgan fingerprint density at radius 3 is 2.75 bits per heavy atom. The number of halogens is 1. The highest BCUT2D eigenvalue weighted by atomic mass is 35.5. The fraction of sp³-hybridized carbons (Fsp3) is 0.118. The third-order valence-corrected chi connectivity index (χ3v) is 3.51. The minimum atomic E-state index is -0.762.